The topological polar surface area (TPSA) is 168 Å². The molecule has 4 atom stereocenters. The van der Waals surface area contributed by atoms with Gasteiger partial charge in [0, 0.05) is 12.3 Å². The maximum absolute atomic E-state index is 11.8. The van der Waals surface area contributed by atoms with Crippen LogP contribution in [-0.2, 0) is 19.1 Å². The first-order chi connectivity index (χ1) is 11.3. The maximum Gasteiger partial charge on any atom is 0.330 e. The van der Waals surface area contributed by atoms with Crippen LogP contribution in [0.2, 0.25) is 0 Å². The Balaban J connectivity index is 2.23. The lowest BCUT2D eigenvalue weighted by Gasteiger charge is -2.21. The van der Waals surface area contributed by atoms with Gasteiger partial charge in [0.1, 0.15) is 12.2 Å². The lowest BCUT2D eigenvalue weighted by Crippen LogP contribution is -2.40. The number of esters is 1. The minimum absolute atomic E-state index is 0.435. The van der Waals surface area contributed by atoms with Crippen molar-refractivity contribution in [1.29, 1.82) is 0 Å². The highest BCUT2D eigenvalue weighted by Gasteiger charge is 2.47. The third-order valence-electron chi connectivity index (χ3n) is 3.43. The molecule has 1 fully saturated rings. The second-order valence-corrected chi connectivity index (χ2v) is 5.10. The second-order valence-electron chi connectivity index (χ2n) is 5.10. The number of hydrogen-bond donors (Lipinski definition) is 4. The summed E-state index contributed by atoms with van der Waals surface area (Å²) in [5, 5.41) is 27.8. The number of aliphatic hydroxyl groups is 2. The Morgan fingerprint density at radius 3 is 2.62 bits per heavy atom. The first-order valence-electron chi connectivity index (χ1n) is 7.00. The van der Waals surface area contributed by atoms with E-state index >= 15 is 0 Å². The highest BCUT2D eigenvalue weighted by molar-refractivity contribution is 5.76. The fourth-order valence-electron chi connectivity index (χ4n) is 2.27. The molecule has 0 bridgehead atoms. The van der Waals surface area contributed by atoms with Gasteiger partial charge in [-0.1, -0.05) is 0 Å². The average molecular weight is 344 g/mol. The number of hydrogen-bond acceptors (Lipinski definition) is 8. The third-order valence-corrected chi connectivity index (χ3v) is 3.43. The predicted molar refractivity (Wildman–Crippen MR) is 75.1 cm³/mol. The van der Waals surface area contributed by atoms with Crippen LogP contribution in [0.25, 0.3) is 0 Å². The molecule has 24 heavy (non-hydrogen) atoms. The largest absolute Gasteiger partial charge is 0.481 e. The smallest absolute Gasteiger partial charge is 0.330 e. The summed E-state index contributed by atoms with van der Waals surface area (Å²) in [4.78, 5) is 47.1. The van der Waals surface area contributed by atoms with Gasteiger partial charge in [-0.05, 0) is 0 Å². The van der Waals surface area contributed by atoms with Crippen LogP contribution < -0.4 is 11.2 Å². The monoisotopic (exact) mass is 344 g/mol. The highest BCUT2D eigenvalue weighted by atomic mass is 16.6. The van der Waals surface area contributed by atoms with Gasteiger partial charge in [0.25, 0.3) is 5.56 Å². The molecule has 0 aliphatic carbocycles. The molecule has 0 unspecified atom stereocenters. The van der Waals surface area contributed by atoms with E-state index in [1.54, 1.807) is 0 Å². The van der Waals surface area contributed by atoms with Crippen LogP contribution in [-0.4, -0.2) is 61.7 Å². The van der Waals surface area contributed by atoms with Crippen molar-refractivity contribution in [3.05, 3.63) is 33.1 Å². The molecule has 1 aliphatic heterocycles. The molecule has 0 spiro atoms. The lowest BCUT2D eigenvalue weighted by molar-refractivity contribution is -0.160. The number of carboxylic acids is 1. The van der Waals surface area contributed by atoms with Gasteiger partial charge in [0.05, 0.1) is 19.4 Å². The molecular weight excluding hydrogens is 328 g/mol. The first-order valence-corrected chi connectivity index (χ1v) is 7.00. The van der Waals surface area contributed by atoms with Crippen molar-refractivity contribution in [2.45, 2.75) is 37.4 Å². The summed E-state index contributed by atoms with van der Waals surface area (Å²) in [6.07, 6.45) is -5.00. The van der Waals surface area contributed by atoms with Gasteiger partial charge in [-0.25, -0.2) is 4.79 Å². The molecule has 1 saturated heterocycles. The first kappa shape index (κ1) is 17.8. The molecule has 1 aromatic rings. The van der Waals surface area contributed by atoms with E-state index in [1.165, 1.54) is 0 Å². The molecule has 11 nitrogen and oxygen atoms in total. The minimum atomic E-state index is -1.44. The van der Waals surface area contributed by atoms with E-state index in [2.05, 4.69) is 0 Å². The summed E-state index contributed by atoms with van der Waals surface area (Å²) in [5.74, 6) is -2.11. The fraction of sp³-hybridized carbons (Fsp3) is 0.538. The Bertz CT molecular complexity index is 725. The molecule has 0 amide bonds. The van der Waals surface area contributed by atoms with E-state index in [1.807, 2.05) is 4.98 Å². The maximum atomic E-state index is 11.8. The Kier molecular flexibility index (Phi) is 5.49. The summed E-state index contributed by atoms with van der Waals surface area (Å²) >= 11 is 0. The molecule has 2 heterocycles. The number of nitrogens with one attached hydrogen (secondary N) is 1. The van der Waals surface area contributed by atoms with Crippen molar-refractivity contribution in [1.82, 2.24) is 9.55 Å². The van der Waals surface area contributed by atoms with Crippen LogP contribution in [0.5, 0.6) is 0 Å². The molecule has 1 aromatic heterocycles. The molecular formula is C13H16N2O9. The second kappa shape index (κ2) is 7.38. The lowest BCUT2D eigenvalue weighted by atomic mass is 10.1. The molecule has 0 saturated carbocycles. The summed E-state index contributed by atoms with van der Waals surface area (Å²) in [7, 11) is 0. The van der Waals surface area contributed by atoms with Crippen molar-refractivity contribution in [3.8, 4) is 0 Å². The number of rotatable bonds is 6. The molecule has 2 rings (SSSR count). The van der Waals surface area contributed by atoms with Crippen molar-refractivity contribution in [3.63, 3.8) is 0 Å². The van der Waals surface area contributed by atoms with Gasteiger partial charge in [-0.2, -0.15) is 0 Å². The van der Waals surface area contributed by atoms with E-state index in [0.717, 1.165) is 16.8 Å². The molecule has 11 heteroatoms. The molecule has 0 aromatic carbocycles. The number of carbonyl (C=O) groups excluding carboxylic acids is 1. The van der Waals surface area contributed by atoms with Gasteiger partial charge < -0.3 is 24.8 Å². The molecule has 0 radical (unpaired) electrons. The van der Waals surface area contributed by atoms with E-state index in [-0.39, 0.29) is 0 Å². The number of ether oxygens (including phenoxy) is 2. The zero-order valence-electron chi connectivity index (χ0n) is 12.3. The van der Waals surface area contributed by atoms with Gasteiger partial charge in [0.2, 0.25) is 0 Å². The van der Waals surface area contributed by atoms with E-state index in [4.69, 9.17) is 14.6 Å². The molecule has 1 aliphatic rings. The number of carboxylic acid groups (broad SMARTS) is 1. The Labute approximate surface area is 134 Å². The highest BCUT2D eigenvalue weighted by Crippen LogP contribution is 2.30. The fourth-order valence-corrected chi connectivity index (χ4v) is 2.27. The van der Waals surface area contributed by atoms with E-state index < -0.39 is 67.2 Å². The number of aromatic nitrogens is 2. The van der Waals surface area contributed by atoms with Gasteiger partial charge >= 0.3 is 17.6 Å². The van der Waals surface area contributed by atoms with Crippen molar-refractivity contribution >= 4 is 11.9 Å². The average Bonchev–Trinajstić information content (AvgIpc) is 2.82. The normalized spacial score (nSPS) is 26.2. The van der Waals surface area contributed by atoms with Crippen LogP contribution >= 0.6 is 0 Å². The number of nitrogens with zero attached hydrogens (tertiary/aromatic N) is 1. The zero-order valence-corrected chi connectivity index (χ0v) is 12.3. The van der Waals surface area contributed by atoms with Crippen LogP contribution in [0.1, 0.15) is 19.1 Å². The summed E-state index contributed by atoms with van der Waals surface area (Å²) in [6, 6.07) is 1.03. The molecule has 4 N–H and O–H groups in total. The van der Waals surface area contributed by atoms with Crippen LogP contribution in [0.4, 0.5) is 0 Å². The van der Waals surface area contributed by atoms with E-state index in [9.17, 15) is 29.4 Å². The Morgan fingerprint density at radius 2 is 2.04 bits per heavy atom. The third kappa shape index (κ3) is 3.88. The summed E-state index contributed by atoms with van der Waals surface area (Å²) in [5.41, 5.74) is -1.51. The number of H-pyrrole nitrogens is 1. The number of carbonyl (C=O) groups is 2. The quantitative estimate of drug-likeness (QED) is 0.410. The van der Waals surface area contributed by atoms with Crippen molar-refractivity contribution in [2.75, 3.05) is 6.61 Å². The van der Waals surface area contributed by atoms with Crippen molar-refractivity contribution < 1.29 is 34.4 Å². The van der Waals surface area contributed by atoms with E-state index in [0.29, 0.717) is 0 Å². The number of aliphatic carboxylic acids is 1. The Hall–Kier alpha value is -2.50. The minimum Gasteiger partial charge on any atom is -0.481 e. The Morgan fingerprint density at radius 1 is 1.33 bits per heavy atom. The van der Waals surface area contributed by atoms with Crippen LogP contribution in [0, 0.1) is 0 Å². The van der Waals surface area contributed by atoms with Crippen molar-refractivity contribution in [2.24, 2.45) is 0 Å². The van der Waals surface area contributed by atoms with Gasteiger partial charge in [-0.3, -0.25) is 23.9 Å². The zero-order chi connectivity index (χ0) is 17.9. The SMILES string of the molecule is O=C(O)CCC(=O)O[C@H]1[C@H](O)[C@@H](CO)O[C@H]1n1ccc(=O)[nH]c1=O. The van der Waals surface area contributed by atoms with Gasteiger partial charge in [-0.15, -0.1) is 0 Å². The number of aromatic amines is 1. The van der Waals surface area contributed by atoms with Crippen LogP contribution in [0.3, 0.4) is 0 Å². The predicted octanol–water partition coefficient (Wildman–Crippen LogP) is -2.44. The molecule has 132 valence electrons. The standard InChI is InChI=1S/C13H16N2O9/c16-5-6-10(21)11(24-9(20)2-1-8(18)19)12(23-6)15-4-3-7(17)14-13(15)22/h3-4,6,10-12,16,21H,1-2,5H2,(H,18,19)(H,14,17,22)/t6-,10-,11+,12-/m1/s1. The number of aliphatic hydroxyl groups excluding tert-OH is 2. The van der Waals surface area contributed by atoms with Crippen LogP contribution in [0.15, 0.2) is 21.9 Å². The summed E-state index contributed by atoms with van der Waals surface area (Å²) in [6.45, 7) is -0.598. The van der Waals surface area contributed by atoms with Gasteiger partial charge in [0.15, 0.2) is 12.3 Å². The summed E-state index contributed by atoms with van der Waals surface area (Å²) < 4.78 is 11.2.